The Kier molecular flexibility index (Phi) is 2.24. The van der Waals surface area contributed by atoms with E-state index in [1.807, 2.05) is 0 Å². The van der Waals surface area contributed by atoms with Crippen molar-refractivity contribution < 1.29 is 14.6 Å². The van der Waals surface area contributed by atoms with Gasteiger partial charge in [0, 0.05) is 6.04 Å². The molecule has 0 amide bonds. The van der Waals surface area contributed by atoms with Crippen molar-refractivity contribution in [2.45, 2.75) is 25.0 Å². The molecule has 0 radical (unpaired) electrons. The van der Waals surface area contributed by atoms with Crippen LogP contribution in [-0.2, 0) is 9.53 Å². The Morgan fingerprint density at radius 2 is 2.40 bits per heavy atom. The number of carbonyl (C=O) groups is 1. The van der Waals surface area contributed by atoms with Crippen molar-refractivity contribution in [3.63, 3.8) is 0 Å². The van der Waals surface area contributed by atoms with Crippen LogP contribution in [0.4, 0.5) is 0 Å². The zero-order valence-corrected chi connectivity index (χ0v) is 5.62. The van der Waals surface area contributed by atoms with Crippen LogP contribution in [-0.4, -0.2) is 29.8 Å². The van der Waals surface area contributed by atoms with Gasteiger partial charge in [0.25, 0.3) is 0 Å². The highest BCUT2D eigenvalue weighted by Gasteiger charge is 2.28. The van der Waals surface area contributed by atoms with E-state index in [4.69, 9.17) is 15.6 Å². The fourth-order valence-electron chi connectivity index (χ4n) is 0.880. The zero-order valence-electron chi connectivity index (χ0n) is 5.62. The van der Waals surface area contributed by atoms with Crippen molar-refractivity contribution in [3.05, 3.63) is 0 Å². The van der Waals surface area contributed by atoms with Crippen molar-refractivity contribution in [3.8, 4) is 0 Å². The number of ether oxygens (including phenoxy) is 1. The predicted octanol–water partition coefficient (Wildman–Crippen LogP) is -0.423. The van der Waals surface area contributed by atoms with Gasteiger partial charge in [0.2, 0.25) is 0 Å². The molecule has 0 aromatic heterocycles. The number of carboxylic acid groups (broad SMARTS) is 1. The molecule has 1 fully saturated rings. The summed E-state index contributed by atoms with van der Waals surface area (Å²) in [6.45, 7) is -0.224. The molecule has 0 aromatic rings. The first kappa shape index (κ1) is 7.50. The Hall–Kier alpha value is -0.610. The third-order valence-corrected chi connectivity index (χ3v) is 1.68. The largest absolute Gasteiger partial charge is 0.480 e. The summed E-state index contributed by atoms with van der Waals surface area (Å²) < 4.78 is 4.93. The quantitative estimate of drug-likeness (QED) is 0.565. The van der Waals surface area contributed by atoms with Crippen LogP contribution in [0.25, 0.3) is 0 Å². The van der Waals surface area contributed by atoms with Crippen LogP contribution in [0.3, 0.4) is 0 Å². The highest BCUT2D eigenvalue weighted by molar-refractivity contribution is 5.68. The molecule has 1 rings (SSSR count). The number of aliphatic carboxylic acids is 1. The lowest BCUT2D eigenvalue weighted by Crippen LogP contribution is -2.46. The second kappa shape index (κ2) is 2.98. The molecule has 0 heterocycles. The van der Waals surface area contributed by atoms with Gasteiger partial charge in [-0.1, -0.05) is 0 Å². The van der Waals surface area contributed by atoms with E-state index in [1.165, 1.54) is 0 Å². The molecule has 0 unspecified atom stereocenters. The molecule has 2 atom stereocenters. The van der Waals surface area contributed by atoms with Gasteiger partial charge in [0.1, 0.15) is 6.61 Å². The van der Waals surface area contributed by atoms with E-state index >= 15 is 0 Å². The van der Waals surface area contributed by atoms with Crippen molar-refractivity contribution >= 4 is 5.97 Å². The van der Waals surface area contributed by atoms with E-state index < -0.39 is 5.97 Å². The first-order valence-electron chi connectivity index (χ1n) is 3.29. The Bertz CT molecular complexity index is 137. The van der Waals surface area contributed by atoms with E-state index in [0.29, 0.717) is 0 Å². The minimum atomic E-state index is -0.931. The summed E-state index contributed by atoms with van der Waals surface area (Å²) in [5.41, 5.74) is 5.49. The fourth-order valence-corrected chi connectivity index (χ4v) is 0.880. The molecule has 4 heteroatoms. The number of nitrogens with two attached hydrogens (primary N) is 1. The first-order valence-corrected chi connectivity index (χ1v) is 3.29. The lowest BCUT2D eigenvalue weighted by atomic mass is 9.90. The van der Waals surface area contributed by atoms with Gasteiger partial charge >= 0.3 is 5.97 Å². The molecular weight excluding hydrogens is 134 g/mol. The maximum absolute atomic E-state index is 9.98. The average molecular weight is 145 g/mol. The normalized spacial score (nSPS) is 31.3. The van der Waals surface area contributed by atoms with Crippen molar-refractivity contribution in [2.75, 3.05) is 6.61 Å². The summed E-state index contributed by atoms with van der Waals surface area (Å²) in [6.07, 6.45) is 1.83. The summed E-state index contributed by atoms with van der Waals surface area (Å²) in [5, 5.41) is 8.20. The standard InChI is InChI=1S/C6H11NO3/c7-4-1-2-5(4)10-3-6(8)9/h4-5H,1-3,7H2,(H,8,9)/t4-,5+/m0/s1. The van der Waals surface area contributed by atoms with Crippen LogP contribution in [0.5, 0.6) is 0 Å². The van der Waals surface area contributed by atoms with Gasteiger partial charge in [-0.15, -0.1) is 0 Å². The molecule has 10 heavy (non-hydrogen) atoms. The molecule has 1 saturated carbocycles. The monoisotopic (exact) mass is 145 g/mol. The van der Waals surface area contributed by atoms with Crippen molar-refractivity contribution in [2.24, 2.45) is 5.73 Å². The number of hydrogen-bond acceptors (Lipinski definition) is 3. The molecule has 1 aliphatic carbocycles. The van der Waals surface area contributed by atoms with E-state index in [2.05, 4.69) is 0 Å². The SMILES string of the molecule is N[C@H]1CC[C@H]1OCC(=O)O. The van der Waals surface area contributed by atoms with Gasteiger partial charge in [-0.2, -0.15) is 0 Å². The first-order chi connectivity index (χ1) is 4.70. The highest BCUT2D eigenvalue weighted by atomic mass is 16.5. The van der Waals surface area contributed by atoms with E-state index in [-0.39, 0.29) is 18.8 Å². The van der Waals surface area contributed by atoms with Gasteiger partial charge in [0.05, 0.1) is 6.10 Å². The molecular formula is C6H11NO3. The molecule has 0 bridgehead atoms. The minimum absolute atomic E-state index is 0.0175. The summed E-state index contributed by atoms with van der Waals surface area (Å²) >= 11 is 0. The summed E-state index contributed by atoms with van der Waals surface area (Å²) in [6, 6.07) is 0.0550. The highest BCUT2D eigenvalue weighted by Crippen LogP contribution is 2.20. The maximum atomic E-state index is 9.98. The molecule has 4 nitrogen and oxygen atoms in total. The van der Waals surface area contributed by atoms with Gasteiger partial charge in [-0.05, 0) is 12.8 Å². The molecule has 3 N–H and O–H groups in total. The molecule has 0 spiro atoms. The molecule has 0 aromatic carbocycles. The fraction of sp³-hybridized carbons (Fsp3) is 0.833. The van der Waals surface area contributed by atoms with Crippen molar-refractivity contribution in [1.82, 2.24) is 0 Å². The third kappa shape index (κ3) is 1.68. The topological polar surface area (TPSA) is 72.5 Å². The zero-order chi connectivity index (χ0) is 7.56. The Morgan fingerprint density at radius 3 is 2.70 bits per heavy atom. The van der Waals surface area contributed by atoms with Crippen LogP contribution in [0.15, 0.2) is 0 Å². The lowest BCUT2D eigenvalue weighted by molar-refractivity contribution is -0.146. The Morgan fingerprint density at radius 1 is 1.70 bits per heavy atom. The molecule has 0 aliphatic heterocycles. The van der Waals surface area contributed by atoms with Crippen LogP contribution in [0.1, 0.15) is 12.8 Å². The van der Waals surface area contributed by atoms with Gasteiger partial charge < -0.3 is 15.6 Å². The maximum Gasteiger partial charge on any atom is 0.329 e. The van der Waals surface area contributed by atoms with Crippen LogP contribution in [0.2, 0.25) is 0 Å². The summed E-state index contributed by atoms with van der Waals surface area (Å²) in [4.78, 5) is 9.98. The third-order valence-electron chi connectivity index (χ3n) is 1.68. The van der Waals surface area contributed by atoms with Gasteiger partial charge in [-0.25, -0.2) is 4.79 Å². The smallest absolute Gasteiger partial charge is 0.329 e. The number of carboxylic acids is 1. The summed E-state index contributed by atoms with van der Waals surface area (Å²) in [5.74, 6) is -0.931. The van der Waals surface area contributed by atoms with E-state index in [0.717, 1.165) is 12.8 Å². The second-order valence-corrected chi connectivity index (χ2v) is 2.48. The molecule has 1 aliphatic rings. The number of rotatable bonds is 3. The lowest BCUT2D eigenvalue weighted by Gasteiger charge is -2.32. The van der Waals surface area contributed by atoms with E-state index in [9.17, 15) is 4.79 Å². The van der Waals surface area contributed by atoms with Crippen LogP contribution < -0.4 is 5.73 Å². The number of hydrogen-bond donors (Lipinski definition) is 2. The van der Waals surface area contributed by atoms with Crippen molar-refractivity contribution in [1.29, 1.82) is 0 Å². The predicted molar refractivity (Wildman–Crippen MR) is 34.6 cm³/mol. The summed E-state index contributed by atoms with van der Waals surface area (Å²) in [7, 11) is 0. The van der Waals surface area contributed by atoms with Gasteiger partial charge in [0.15, 0.2) is 0 Å². The Balaban J connectivity index is 2.08. The molecule has 0 saturated heterocycles. The molecule has 58 valence electrons. The Labute approximate surface area is 59.0 Å². The van der Waals surface area contributed by atoms with E-state index in [1.54, 1.807) is 0 Å². The average Bonchev–Trinajstić information content (AvgIpc) is 1.84. The van der Waals surface area contributed by atoms with Crippen LogP contribution in [0, 0.1) is 0 Å². The van der Waals surface area contributed by atoms with Crippen LogP contribution >= 0.6 is 0 Å². The van der Waals surface area contributed by atoms with Gasteiger partial charge in [-0.3, -0.25) is 0 Å². The second-order valence-electron chi connectivity index (χ2n) is 2.48. The minimum Gasteiger partial charge on any atom is -0.480 e.